The van der Waals surface area contributed by atoms with Gasteiger partial charge in [0.15, 0.2) is 5.69 Å². The highest BCUT2D eigenvalue weighted by Gasteiger charge is 2.34. The van der Waals surface area contributed by atoms with Crippen molar-refractivity contribution >= 4 is 34.9 Å². The topological polar surface area (TPSA) is 135 Å². The summed E-state index contributed by atoms with van der Waals surface area (Å²) in [5.41, 5.74) is -1.17. The molecule has 1 fully saturated rings. The van der Waals surface area contributed by atoms with Crippen LogP contribution in [0.25, 0.3) is 11.3 Å². The maximum absolute atomic E-state index is 13.3. The summed E-state index contributed by atoms with van der Waals surface area (Å²) in [5, 5.41) is 20.1. The molecule has 1 aliphatic carbocycles. The third-order valence-electron chi connectivity index (χ3n) is 6.85. The lowest BCUT2D eigenvalue weighted by atomic mass is 9.79. The average molecular weight is 646 g/mol. The Hall–Kier alpha value is -2.85. The summed E-state index contributed by atoms with van der Waals surface area (Å²) in [5.74, 6) is -0.660. The first kappa shape index (κ1) is 35.3. The third kappa shape index (κ3) is 10.2. The molecule has 0 aliphatic heterocycles. The molecule has 10 nitrogen and oxygen atoms in total. The highest BCUT2D eigenvalue weighted by atomic mass is 35.5. The predicted octanol–water partition coefficient (Wildman–Crippen LogP) is 5.36. The normalized spacial score (nSPS) is 19.5. The average Bonchev–Trinajstić information content (AvgIpc) is 3.24. The van der Waals surface area contributed by atoms with Crippen molar-refractivity contribution in [3.63, 3.8) is 0 Å². The molecular formula is C25H33ClF5N5O5S. The van der Waals surface area contributed by atoms with Gasteiger partial charge in [-0.15, -0.1) is 0 Å². The number of aromatic nitrogens is 3. The van der Waals surface area contributed by atoms with E-state index in [1.807, 2.05) is 0 Å². The van der Waals surface area contributed by atoms with Crippen molar-refractivity contribution < 1.29 is 45.0 Å². The maximum Gasteiger partial charge on any atom is 0.391 e. The number of rotatable bonds is 11. The SMILES string of the molecule is CC[C@@H](CC(F)(F)F)Nc1cc(OC(F)F)c(-c2c(Cl)c(C(=O)NCC3(O)CCC(C)CC3)nn2CC)cn1.O=S=O. The molecule has 1 saturated carbocycles. The van der Waals surface area contributed by atoms with Gasteiger partial charge >= 0.3 is 24.4 Å². The first-order chi connectivity index (χ1) is 19.7. The van der Waals surface area contributed by atoms with Crippen LogP contribution >= 0.6 is 11.6 Å². The summed E-state index contributed by atoms with van der Waals surface area (Å²) >= 11 is 5.77. The van der Waals surface area contributed by atoms with E-state index in [-0.39, 0.29) is 47.3 Å². The van der Waals surface area contributed by atoms with Gasteiger partial charge < -0.3 is 20.5 Å². The van der Waals surface area contributed by atoms with Crippen molar-refractivity contribution in [2.24, 2.45) is 5.92 Å². The van der Waals surface area contributed by atoms with Crippen molar-refractivity contribution in [2.45, 2.75) is 90.3 Å². The van der Waals surface area contributed by atoms with Crippen LogP contribution in [0.1, 0.15) is 69.8 Å². The molecule has 0 saturated heterocycles. The van der Waals surface area contributed by atoms with Crippen LogP contribution in [0.15, 0.2) is 12.3 Å². The Labute approximate surface area is 248 Å². The molecule has 0 radical (unpaired) electrons. The number of anilines is 1. The van der Waals surface area contributed by atoms with Crippen molar-refractivity contribution in [3.05, 3.63) is 23.0 Å². The van der Waals surface area contributed by atoms with Crippen LogP contribution < -0.4 is 15.4 Å². The molecule has 1 amide bonds. The number of hydrogen-bond acceptors (Lipinski definition) is 8. The summed E-state index contributed by atoms with van der Waals surface area (Å²) in [6.07, 6.45) is -1.59. The number of hydrogen-bond donors (Lipinski definition) is 3. The number of pyridine rings is 1. The van der Waals surface area contributed by atoms with E-state index in [0.717, 1.165) is 25.1 Å². The van der Waals surface area contributed by atoms with Crippen molar-refractivity contribution in [3.8, 4) is 17.0 Å². The summed E-state index contributed by atoms with van der Waals surface area (Å²) in [7, 11) is 0. The van der Waals surface area contributed by atoms with Crippen molar-refractivity contribution in [1.82, 2.24) is 20.1 Å². The lowest BCUT2D eigenvalue weighted by Gasteiger charge is -2.34. The highest BCUT2D eigenvalue weighted by molar-refractivity contribution is 7.51. The molecule has 42 heavy (non-hydrogen) atoms. The van der Waals surface area contributed by atoms with E-state index >= 15 is 0 Å². The Morgan fingerprint density at radius 2 is 1.90 bits per heavy atom. The lowest BCUT2D eigenvalue weighted by molar-refractivity contribution is -0.137. The number of amides is 1. The summed E-state index contributed by atoms with van der Waals surface area (Å²) in [6, 6.07) is 0.0217. The van der Waals surface area contributed by atoms with E-state index in [2.05, 4.69) is 32.4 Å². The number of alkyl halides is 5. The minimum atomic E-state index is -4.43. The fourth-order valence-electron chi connectivity index (χ4n) is 4.55. The molecule has 0 aromatic carbocycles. The zero-order chi connectivity index (χ0) is 31.7. The minimum absolute atomic E-state index is 0.00138. The fraction of sp³-hybridized carbons (Fsp3) is 0.640. The number of aliphatic hydroxyl groups is 1. The van der Waals surface area contributed by atoms with E-state index in [4.69, 9.17) is 20.0 Å². The number of ether oxygens (including phenoxy) is 1. The van der Waals surface area contributed by atoms with E-state index < -0.39 is 54.1 Å². The van der Waals surface area contributed by atoms with Crippen LogP contribution in [0, 0.1) is 5.92 Å². The standard InChI is InChI=1S/C25H33ClF5N5O3.O2S/c1-4-15(11-25(29,30)31)34-18-10-17(39-23(27)28)16(12-32-18)21-19(26)20(35-36(21)5-2)22(37)33-13-24(38)8-6-14(3)7-9-24;1-3-2/h10,12,14-15,23,38H,4-9,11,13H2,1-3H3,(H,32,34)(H,33,37);/t14?,15-,24?;/m0./s1. The quantitative estimate of drug-likeness (QED) is 0.278. The van der Waals surface area contributed by atoms with E-state index in [1.165, 1.54) is 4.68 Å². The van der Waals surface area contributed by atoms with E-state index in [9.17, 15) is 31.9 Å². The van der Waals surface area contributed by atoms with Gasteiger partial charge in [0.1, 0.15) is 11.6 Å². The van der Waals surface area contributed by atoms with Gasteiger partial charge in [0, 0.05) is 31.4 Å². The summed E-state index contributed by atoms with van der Waals surface area (Å²) in [6.45, 7) is 2.29. The Morgan fingerprint density at radius 3 is 2.43 bits per heavy atom. The Morgan fingerprint density at radius 1 is 1.29 bits per heavy atom. The second-order valence-corrected chi connectivity index (χ2v) is 10.5. The van der Waals surface area contributed by atoms with Gasteiger partial charge in [-0.1, -0.05) is 25.4 Å². The van der Waals surface area contributed by atoms with Gasteiger partial charge in [-0.3, -0.25) is 9.48 Å². The molecule has 0 unspecified atom stereocenters. The van der Waals surface area contributed by atoms with Gasteiger partial charge in [-0.05, 0) is 44.9 Å². The van der Waals surface area contributed by atoms with Crippen LogP contribution in [0.3, 0.4) is 0 Å². The van der Waals surface area contributed by atoms with Crippen molar-refractivity contribution in [2.75, 3.05) is 11.9 Å². The number of aryl methyl sites for hydroxylation is 1. The highest BCUT2D eigenvalue weighted by Crippen LogP contribution is 2.39. The Balaban J connectivity index is 0.00000197. The molecule has 17 heteroatoms. The van der Waals surface area contributed by atoms with Gasteiger partial charge in [0.25, 0.3) is 5.91 Å². The number of halogens is 6. The molecule has 3 rings (SSSR count). The van der Waals surface area contributed by atoms with Crippen molar-refractivity contribution in [1.29, 1.82) is 0 Å². The second-order valence-electron chi connectivity index (χ2n) is 10.00. The van der Waals surface area contributed by atoms with E-state index in [0.29, 0.717) is 18.8 Å². The first-order valence-corrected chi connectivity index (χ1v) is 14.2. The second kappa shape index (κ2) is 15.6. The smallest absolute Gasteiger partial charge is 0.391 e. The molecule has 0 bridgehead atoms. The van der Waals surface area contributed by atoms with Crippen LogP contribution in [0.5, 0.6) is 5.75 Å². The van der Waals surface area contributed by atoms with Crippen LogP contribution in [-0.4, -0.2) is 65.2 Å². The van der Waals surface area contributed by atoms with E-state index in [1.54, 1.807) is 13.8 Å². The molecule has 2 heterocycles. The molecular weight excluding hydrogens is 613 g/mol. The zero-order valence-electron chi connectivity index (χ0n) is 23.1. The molecule has 1 atom stereocenters. The molecule has 0 spiro atoms. The Bertz CT molecular complexity index is 1230. The van der Waals surface area contributed by atoms with Gasteiger partial charge in [0.2, 0.25) is 0 Å². The van der Waals surface area contributed by atoms with Gasteiger partial charge in [-0.25, -0.2) is 4.98 Å². The number of nitrogens with zero attached hydrogens (tertiary/aromatic N) is 3. The Kier molecular flexibility index (Phi) is 13.1. The van der Waals surface area contributed by atoms with Crippen LogP contribution in [0.2, 0.25) is 5.02 Å². The molecule has 2 aromatic heterocycles. The molecule has 3 N–H and O–H groups in total. The fourth-order valence-corrected chi connectivity index (χ4v) is 4.87. The first-order valence-electron chi connectivity index (χ1n) is 13.1. The van der Waals surface area contributed by atoms with Crippen LogP contribution in [0.4, 0.5) is 27.8 Å². The predicted molar refractivity (Wildman–Crippen MR) is 145 cm³/mol. The lowest BCUT2D eigenvalue weighted by Crippen LogP contribution is -2.45. The van der Waals surface area contributed by atoms with Gasteiger partial charge in [0.05, 0.1) is 28.3 Å². The number of carbonyl (C=O) groups excluding carboxylic acids is 1. The molecule has 1 aliphatic rings. The zero-order valence-corrected chi connectivity index (χ0v) is 24.7. The molecule has 236 valence electrons. The third-order valence-corrected chi connectivity index (χ3v) is 7.21. The summed E-state index contributed by atoms with van der Waals surface area (Å²) < 4.78 is 87.8. The largest absolute Gasteiger partial charge is 0.434 e. The summed E-state index contributed by atoms with van der Waals surface area (Å²) in [4.78, 5) is 17.0. The maximum atomic E-state index is 13.3. The number of nitrogens with one attached hydrogen (secondary N) is 2. The monoisotopic (exact) mass is 645 g/mol. The minimum Gasteiger partial charge on any atom is -0.434 e. The van der Waals surface area contributed by atoms with Crippen LogP contribution in [-0.2, 0) is 18.1 Å². The number of carbonyl (C=O) groups is 1. The van der Waals surface area contributed by atoms with Gasteiger partial charge in [-0.2, -0.15) is 35.5 Å². The molecule has 2 aromatic rings.